The van der Waals surface area contributed by atoms with E-state index in [1.54, 1.807) is 0 Å². The summed E-state index contributed by atoms with van der Waals surface area (Å²) >= 11 is 0. The van der Waals surface area contributed by atoms with Gasteiger partial charge in [0.1, 0.15) is 11.5 Å². The molecule has 18 heteroatoms. The highest BCUT2D eigenvalue weighted by Crippen LogP contribution is 2.37. The van der Waals surface area contributed by atoms with Crippen molar-refractivity contribution in [3.05, 3.63) is 46.2 Å². The van der Waals surface area contributed by atoms with Crippen LogP contribution >= 0.6 is 0 Å². The van der Waals surface area contributed by atoms with Crippen molar-refractivity contribution in [2.75, 3.05) is 0 Å². The maximum atomic E-state index is 12.4. The van der Waals surface area contributed by atoms with Gasteiger partial charge in [0.2, 0.25) is 0 Å². The quantitative estimate of drug-likeness (QED) is 0.426. The number of hydrogen-bond acceptors (Lipinski definition) is 6. The van der Waals surface area contributed by atoms with Crippen molar-refractivity contribution >= 4 is 20.2 Å². The summed E-state index contributed by atoms with van der Waals surface area (Å²) in [7, 11) is -12.3. The molecule has 0 N–H and O–H groups in total. The molecular weight excluding hydrogens is 494 g/mol. The average molecular weight is 498 g/mol. The summed E-state index contributed by atoms with van der Waals surface area (Å²) in [5, 5.41) is 0. The average Bonchev–Trinajstić information content (AvgIpc) is 2.43. The van der Waals surface area contributed by atoms with E-state index < -0.39 is 66.1 Å². The largest absolute Gasteiger partial charge is 0.435 e. The Morgan fingerprint density at radius 1 is 0.600 bits per heavy atom. The lowest BCUT2D eigenvalue weighted by Crippen LogP contribution is -2.25. The van der Waals surface area contributed by atoms with E-state index in [1.807, 2.05) is 0 Å². The minimum atomic E-state index is -6.13. The van der Waals surface area contributed by atoms with E-state index in [9.17, 15) is 60.7 Å². The summed E-state index contributed by atoms with van der Waals surface area (Å²) in [6, 6.07) is 1.15. The van der Waals surface area contributed by atoms with Crippen LogP contribution in [0.4, 0.5) is 43.9 Å². The molecular formula is C12H4F10O6S2. The lowest BCUT2D eigenvalue weighted by molar-refractivity contribution is -0.0892. The smallest absolute Gasteiger partial charge is 0.379 e. The molecule has 1 rings (SSSR count). The predicted octanol–water partition coefficient (Wildman–Crippen LogP) is 4.44. The molecule has 0 saturated carbocycles. The Kier molecular flexibility index (Phi) is 7.09. The fraction of sp³-hybridized carbons (Fsp3) is 0.167. The normalized spacial score (nSPS) is 12.9. The third kappa shape index (κ3) is 6.25. The van der Waals surface area contributed by atoms with Crippen molar-refractivity contribution in [3.63, 3.8) is 0 Å². The number of alkyl halides is 6. The van der Waals surface area contributed by atoms with Crippen LogP contribution in [0.3, 0.4) is 0 Å². The first-order valence-electron chi connectivity index (χ1n) is 6.53. The Labute approximate surface area is 160 Å². The highest BCUT2D eigenvalue weighted by Gasteiger charge is 2.49. The number of benzene rings is 1. The molecule has 0 bridgehead atoms. The fourth-order valence-corrected chi connectivity index (χ4v) is 3.41. The molecule has 6 nitrogen and oxygen atoms in total. The zero-order valence-electron chi connectivity index (χ0n) is 13.4. The molecule has 1 aromatic rings. The molecule has 0 aromatic heterocycles. The summed E-state index contributed by atoms with van der Waals surface area (Å²) in [4.78, 5) is -6.67. The fourth-order valence-electron chi connectivity index (χ4n) is 1.57. The molecule has 0 fully saturated rings. The molecule has 0 amide bonds. The minimum absolute atomic E-state index is 0.287. The van der Waals surface area contributed by atoms with E-state index in [0.29, 0.717) is 0 Å². The first kappa shape index (κ1) is 25.5. The highest BCUT2D eigenvalue weighted by atomic mass is 32.2. The standard InChI is InChI=1S/C12H4F10O6S2/c13-9(14)7(11(17,18)19)29(23,24)27-5-1-2-6(4-3-5)28-30(25,26)8(10(15)16)12(20,21)22/h1-4H. The Morgan fingerprint density at radius 3 is 1.00 bits per heavy atom. The SMILES string of the molecule is O=S(=O)(Oc1ccc(OS(=O)(=O)C(=C(F)F)C(F)(F)F)cc1)C(=C(F)F)C(F)(F)F. The van der Waals surface area contributed by atoms with Crippen molar-refractivity contribution in [1.29, 1.82) is 0 Å². The second-order valence-electron chi connectivity index (χ2n) is 4.72. The Morgan fingerprint density at radius 2 is 0.833 bits per heavy atom. The van der Waals surface area contributed by atoms with Gasteiger partial charge in [0.15, 0.2) is 0 Å². The van der Waals surface area contributed by atoms with Crippen LogP contribution in [0.1, 0.15) is 0 Å². The summed E-state index contributed by atoms with van der Waals surface area (Å²) in [5.74, 6) is -2.27. The summed E-state index contributed by atoms with van der Waals surface area (Å²) < 4.78 is 177. The zero-order valence-corrected chi connectivity index (χ0v) is 15.0. The van der Waals surface area contributed by atoms with Crippen molar-refractivity contribution in [3.8, 4) is 11.5 Å². The molecule has 170 valence electrons. The Bertz CT molecular complexity index is 971. The van der Waals surface area contributed by atoms with Crippen LogP contribution in [0.25, 0.3) is 0 Å². The summed E-state index contributed by atoms with van der Waals surface area (Å²) in [5.41, 5.74) is 0. The van der Waals surface area contributed by atoms with E-state index >= 15 is 0 Å². The molecule has 0 saturated heterocycles. The maximum Gasteiger partial charge on any atom is 0.435 e. The zero-order chi connectivity index (χ0) is 23.7. The lowest BCUT2D eigenvalue weighted by atomic mass is 10.3. The number of hydrogen-bond donors (Lipinski definition) is 0. The third-order valence-electron chi connectivity index (χ3n) is 2.59. The van der Waals surface area contributed by atoms with Gasteiger partial charge in [-0.1, -0.05) is 0 Å². The Balaban J connectivity index is 3.20. The van der Waals surface area contributed by atoms with Crippen LogP contribution in [-0.2, 0) is 20.2 Å². The molecule has 0 aliphatic rings. The molecule has 0 atom stereocenters. The van der Waals surface area contributed by atoms with E-state index in [1.165, 1.54) is 0 Å². The molecule has 0 aliphatic heterocycles. The molecule has 0 heterocycles. The predicted molar refractivity (Wildman–Crippen MR) is 76.1 cm³/mol. The third-order valence-corrected chi connectivity index (χ3v) is 5.19. The molecule has 30 heavy (non-hydrogen) atoms. The van der Waals surface area contributed by atoms with Gasteiger partial charge in [-0.05, 0) is 24.3 Å². The van der Waals surface area contributed by atoms with E-state index in [4.69, 9.17) is 0 Å². The second kappa shape index (κ2) is 8.32. The number of rotatable bonds is 6. The van der Waals surface area contributed by atoms with E-state index in [-0.39, 0.29) is 24.3 Å². The van der Waals surface area contributed by atoms with Crippen LogP contribution in [0.15, 0.2) is 46.2 Å². The van der Waals surface area contributed by atoms with Gasteiger partial charge in [-0.15, -0.1) is 0 Å². The van der Waals surface area contributed by atoms with E-state index in [0.717, 1.165) is 0 Å². The van der Waals surface area contributed by atoms with Gasteiger partial charge in [0, 0.05) is 0 Å². The van der Waals surface area contributed by atoms with E-state index in [2.05, 4.69) is 8.37 Å². The molecule has 0 aliphatic carbocycles. The van der Waals surface area contributed by atoms with Gasteiger partial charge >= 0.3 is 32.6 Å². The van der Waals surface area contributed by atoms with Crippen LogP contribution in [0.2, 0.25) is 0 Å². The minimum Gasteiger partial charge on any atom is -0.379 e. The van der Waals surface area contributed by atoms with Gasteiger partial charge in [-0.2, -0.15) is 60.7 Å². The van der Waals surface area contributed by atoms with Crippen LogP contribution in [0, 0.1) is 0 Å². The first-order valence-corrected chi connectivity index (χ1v) is 9.34. The van der Waals surface area contributed by atoms with Crippen molar-refractivity contribution in [1.82, 2.24) is 0 Å². The van der Waals surface area contributed by atoms with Crippen LogP contribution in [-0.4, -0.2) is 29.2 Å². The number of allylic oxidation sites excluding steroid dienone is 2. The molecule has 0 unspecified atom stereocenters. The molecule has 0 radical (unpaired) electrons. The van der Waals surface area contributed by atoms with Gasteiger partial charge < -0.3 is 8.37 Å². The second-order valence-corrected chi connectivity index (χ2v) is 7.69. The van der Waals surface area contributed by atoms with Gasteiger partial charge in [-0.3, -0.25) is 0 Å². The van der Waals surface area contributed by atoms with Gasteiger partial charge in [0.05, 0.1) is 0 Å². The van der Waals surface area contributed by atoms with Crippen LogP contribution < -0.4 is 8.37 Å². The van der Waals surface area contributed by atoms with Gasteiger partial charge in [-0.25, -0.2) is 0 Å². The highest BCUT2D eigenvalue weighted by molar-refractivity contribution is 7.91. The topological polar surface area (TPSA) is 86.7 Å². The first-order chi connectivity index (χ1) is 13.3. The van der Waals surface area contributed by atoms with Crippen molar-refractivity contribution < 1.29 is 69.1 Å². The van der Waals surface area contributed by atoms with Crippen molar-refractivity contribution in [2.24, 2.45) is 0 Å². The Hall–Kier alpha value is -2.50. The summed E-state index contributed by atoms with van der Waals surface area (Å²) in [6.45, 7) is 0. The monoisotopic (exact) mass is 498 g/mol. The summed E-state index contributed by atoms with van der Waals surface area (Å²) in [6.07, 6.45) is -19.4. The molecule has 1 aromatic carbocycles. The molecule has 0 spiro atoms. The van der Waals surface area contributed by atoms with Crippen LogP contribution in [0.5, 0.6) is 11.5 Å². The van der Waals surface area contributed by atoms with Gasteiger partial charge in [0.25, 0.3) is 22.0 Å². The van der Waals surface area contributed by atoms with Crippen molar-refractivity contribution in [2.45, 2.75) is 12.4 Å². The lowest BCUT2D eigenvalue weighted by Gasteiger charge is -2.13. The number of halogens is 10. The maximum absolute atomic E-state index is 12.4.